The molecule has 24 heavy (non-hydrogen) atoms. The third kappa shape index (κ3) is 5.36. The van der Waals surface area contributed by atoms with Gasteiger partial charge in [0.15, 0.2) is 9.84 Å². The van der Waals surface area contributed by atoms with Crippen molar-refractivity contribution in [1.82, 2.24) is 0 Å². The van der Waals surface area contributed by atoms with Gasteiger partial charge in [0, 0.05) is 33.5 Å². The van der Waals surface area contributed by atoms with Gasteiger partial charge < -0.3 is 5.32 Å². The molecule has 2 aromatic carbocycles. The van der Waals surface area contributed by atoms with E-state index < -0.39 is 9.84 Å². The summed E-state index contributed by atoms with van der Waals surface area (Å²) in [6.07, 6.45) is 1.49. The molecule has 2 rings (SSSR count). The van der Waals surface area contributed by atoms with Crippen LogP contribution in [0, 0.1) is 6.92 Å². The van der Waals surface area contributed by atoms with Crippen molar-refractivity contribution in [2.24, 2.45) is 0 Å². The van der Waals surface area contributed by atoms with Gasteiger partial charge in [0.1, 0.15) is 0 Å². The van der Waals surface area contributed by atoms with E-state index in [1.54, 1.807) is 23.9 Å². The number of hydrogen-bond acceptors (Lipinski definition) is 4. The maximum absolute atomic E-state index is 12.1. The number of carbonyl (C=O) groups is 1. The standard InChI is InChI=1S/C17H18BrNO3S2/c1-12-7-8-13(24(2,21)22)11-15(12)19-17(20)9-10-23-16-6-4-3-5-14(16)18/h3-8,11H,9-10H2,1-2H3,(H,19,20). The highest BCUT2D eigenvalue weighted by Gasteiger charge is 2.11. The molecule has 128 valence electrons. The van der Waals surface area contributed by atoms with Crippen molar-refractivity contribution < 1.29 is 13.2 Å². The first-order chi connectivity index (χ1) is 11.3. The lowest BCUT2D eigenvalue weighted by Crippen LogP contribution is -2.13. The lowest BCUT2D eigenvalue weighted by atomic mass is 10.2. The van der Waals surface area contributed by atoms with Crippen LogP contribution in [-0.2, 0) is 14.6 Å². The van der Waals surface area contributed by atoms with E-state index in [-0.39, 0.29) is 10.8 Å². The predicted molar refractivity (Wildman–Crippen MR) is 102 cm³/mol. The van der Waals surface area contributed by atoms with E-state index in [1.165, 1.54) is 6.07 Å². The van der Waals surface area contributed by atoms with Gasteiger partial charge in [0.25, 0.3) is 0 Å². The van der Waals surface area contributed by atoms with Crippen molar-refractivity contribution in [1.29, 1.82) is 0 Å². The molecule has 0 unspecified atom stereocenters. The summed E-state index contributed by atoms with van der Waals surface area (Å²) in [7, 11) is -3.30. The number of hydrogen-bond donors (Lipinski definition) is 1. The molecule has 0 bridgehead atoms. The molecule has 0 fully saturated rings. The van der Waals surface area contributed by atoms with Gasteiger partial charge in [-0.1, -0.05) is 18.2 Å². The summed E-state index contributed by atoms with van der Waals surface area (Å²) in [6.45, 7) is 1.83. The largest absolute Gasteiger partial charge is 0.326 e. The zero-order valence-corrected chi connectivity index (χ0v) is 16.6. The second kappa shape index (κ2) is 8.18. The molecule has 1 amide bonds. The van der Waals surface area contributed by atoms with Crippen molar-refractivity contribution in [3.8, 4) is 0 Å². The molecule has 1 N–H and O–H groups in total. The molecule has 0 heterocycles. The van der Waals surface area contributed by atoms with Gasteiger partial charge in [-0.15, -0.1) is 11.8 Å². The number of benzene rings is 2. The van der Waals surface area contributed by atoms with Gasteiger partial charge in [-0.3, -0.25) is 4.79 Å². The van der Waals surface area contributed by atoms with Crippen LogP contribution in [-0.4, -0.2) is 26.3 Å². The number of anilines is 1. The van der Waals surface area contributed by atoms with Crippen LogP contribution in [0.15, 0.2) is 56.7 Å². The smallest absolute Gasteiger partial charge is 0.225 e. The Balaban J connectivity index is 1.96. The molecule has 0 spiro atoms. The van der Waals surface area contributed by atoms with E-state index >= 15 is 0 Å². The molecule has 7 heteroatoms. The summed E-state index contributed by atoms with van der Waals surface area (Å²) in [5, 5.41) is 2.80. The van der Waals surface area contributed by atoms with Gasteiger partial charge in [0.2, 0.25) is 5.91 Å². The quantitative estimate of drug-likeness (QED) is 0.698. The zero-order valence-electron chi connectivity index (χ0n) is 13.4. The Morgan fingerprint density at radius 3 is 2.58 bits per heavy atom. The predicted octanol–water partition coefficient (Wildman–Crippen LogP) is 4.28. The van der Waals surface area contributed by atoms with E-state index in [4.69, 9.17) is 0 Å². The van der Waals surface area contributed by atoms with E-state index in [1.807, 2.05) is 31.2 Å². The van der Waals surface area contributed by atoms with Gasteiger partial charge in [-0.25, -0.2) is 8.42 Å². The number of thioether (sulfide) groups is 1. The molecule has 0 aliphatic carbocycles. The summed E-state index contributed by atoms with van der Waals surface area (Å²) in [6, 6.07) is 12.6. The topological polar surface area (TPSA) is 63.2 Å². The fourth-order valence-corrected chi connectivity index (χ4v) is 4.16. The Bertz CT molecular complexity index is 851. The number of amides is 1. The molecule has 0 saturated carbocycles. The summed E-state index contributed by atoms with van der Waals surface area (Å²) in [5.74, 6) is 0.502. The summed E-state index contributed by atoms with van der Waals surface area (Å²) >= 11 is 5.07. The Morgan fingerprint density at radius 2 is 1.92 bits per heavy atom. The molecule has 0 saturated heterocycles. The second-order valence-electron chi connectivity index (χ2n) is 5.33. The van der Waals surface area contributed by atoms with Crippen molar-refractivity contribution in [2.45, 2.75) is 23.1 Å². The highest BCUT2D eigenvalue weighted by molar-refractivity contribution is 9.10. The van der Waals surface area contributed by atoms with Crippen LogP contribution in [0.5, 0.6) is 0 Å². The molecule has 0 atom stereocenters. The average molecular weight is 428 g/mol. The van der Waals surface area contributed by atoms with E-state index in [0.717, 1.165) is 21.2 Å². The monoisotopic (exact) mass is 427 g/mol. The lowest BCUT2D eigenvalue weighted by Gasteiger charge is -2.10. The van der Waals surface area contributed by atoms with Crippen molar-refractivity contribution >= 4 is 49.1 Å². The Labute approximate surface area is 155 Å². The maximum atomic E-state index is 12.1. The number of nitrogens with one attached hydrogen (secondary N) is 1. The van der Waals surface area contributed by atoms with E-state index in [0.29, 0.717) is 17.9 Å². The number of rotatable bonds is 6. The maximum Gasteiger partial charge on any atom is 0.225 e. The van der Waals surface area contributed by atoms with Crippen molar-refractivity contribution in [2.75, 3.05) is 17.3 Å². The van der Waals surface area contributed by atoms with Crippen LogP contribution < -0.4 is 5.32 Å². The molecular formula is C17H18BrNO3S2. The lowest BCUT2D eigenvalue weighted by molar-refractivity contribution is -0.115. The minimum Gasteiger partial charge on any atom is -0.326 e. The summed E-state index contributed by atoms with van der Waals surface area (Å²) in [5.41, 5.74) is 1.36. The normalized spacial score (nSPS) is 11.3. The molecule has 0 aromatic heterocycles. The Kier molecular flexibility index (Phi) is 6.48. The first kappa shape index (κ1) is 19.0. The summed E-state index contributed by atoms with van der Waals surface area (Å²) in [4.78, 5) is 13.4. The van der Waals surface area contributed by atoms with Crippen molar-refractivity contribution in [3.05, 3.63) is 52.5 Å². The third-order valence-corrected chi connectivity index (χ3v) is 6.47. The highest BCUT2D eigenvalue weighted by Crippen LogP contribution is 2.27. The number of aryl methyl sites for hydroxylation is 1. The SMILES string of the molecule is Cc1ccc(S(C)(=O)=O)cc1NC(=O)CCSc1ccccc1Br. The number of carbonyl (C=O) groups excluding carboxylic acids is 1. The van der Waals surface area contributed by atoms with E-state index in [2.05, 4.69) is 21.2 Å². The van der Waals surface area contributed by atoms with Crippen LogP contribution in [0.2, 0.25) is 0 Å². The third-order valence-electron chi connectivity index (χ3n) is 3.33. The van der Waals surface area contributed by atoms with E-state index in [9.17, 15) is 13.2 Å². The van der Waals surface area contributed by atoms with Crippen LogP contribution in [0.4, 0.5) is 5.69 Å². The first-order valence-corrected chi connectivity index (χ1v) is 10.9. The molecule has 0 radical (unpaired) electrons. The molecule has 0 aliphatic rings. The van der Waals surface area contributed by atoms with Crippen LogP contribution in [0.1, 0.15) is 12.0 Å². The number of halogens is 1. The van der Waals surface area contributed by atoms with Crippen molar-refractivity contribution in [3.63, 3.8) is 0 Å². The average Bonchev–Trinajstić information content (AvgIpc) is 2.50. The zero-order chi connectivity index (χ0) is 17.7. The molecule has 4 nitrogen and oxygen atoms in total. The second-order valence-corrected chi connectivity index (χ2v) is 9.33. The van der Waals surface area contributed by atoms with Gasteiger partial charge >= 0.3 is 0 Å². The molecular weight excluding hydrogens is 410 g/mol. The van der Waals surface area contributed by atoms with Crippen LogP contribution >= 0.6 is 27.7 Å². The number of sulfone groups is 1. The van der Waals surface area contributed by atoms with Gasteiger partial charge in [-0.05, 0) is 52.7 Å². The fourth-order valence-electron chi connectivity index (χ4n) is 1.99. The molecule has 0 aliphatic heterocycles. The Hall–Kier alpha value is -1.31. The fraction of sp³-hybridized carbons (Fsp3) is 0.235. The molecule has 2 aromatic rings. The Morgan fingerprint density at radius 1 is 1.21 bits per heavy atom. The highest BCUT2D eigenvalue weighted by atomic mass is 79.9. The van der Waals surface area contributed by atoms with Gasteiger partial charge in [0.05, 0.1) is 4.90 Å². The van der Waals surface area contributed by atoms with Crippen LogP contribution in [0.3, 0.4) is 0 Å². The minimum absolute atomic E-state index is 0.136. The minimum atomic E-state index is -3.30. The summed E-state index contributed by atoms with van der Waals surface area (Å²) < 4.78 is 24.3. The first-order valence-electron chi connectivity index (χ1n) is 7.25. The van der Waals surface area contributed by atoms with Gasteiger partial charge in [-0.2, -0.15) is 0 Å². The van der Waals surface area contributed by atoms with Crippen LogP contribution in [0.25, 0.3) is 0 Å².